The van der Waals surface area contributed by atoms with Crippen LogP contribution in [0.4, 0.5) is 0 Å². The highest BCUT2D eigenvalue weighted by Gasteiger charge is 2.09. The molecule has 3 heteroatoms. The van der Waals surface area contributed by atoms with E-state index in [0.29, 0.717) is 5.75 Å². The minimum atomic E-state index is 0.193. The Hall–Kier alpha value is -1.22. The van der Waals surface area contributed by atoms with Gasteiger partial charge >= 0.3 is 0 Å². The molecule has 0 saturated carbocycles. The number of ether oxygens (including phenoxy) is 1. The molecule has 0 aliphatic heterocycles. The van der Waals surface area contributed by atoms with Gasteiger partial charge in [-0.2, -0.15) is 0 Å². The zero-order valence-corrected chi connectivity index (χ0v) is 8.87. The van der Waals surface area contributed by atoms with E-state index in [2.05, 4.69) is 12.2 Å². The van der Waals surface area contributed by atoms with Crippen molar-refractivity contribution in [2.45, 2.75) is 19.4 Å². The van der Waals surface area contributed by atoms with Crippen molar-refractivity contribution in [3.05, 3.63) is 23.8 Å². The van der Waals surface area contributed by atoms with Crippen LogP contribution in [-0.2, 0) is 0 Å². The lowest BCUT2D eigenvalue weighted by Crippen LogP contribution is -2.14. The lowest BCUT2D eigenvalue weighted by atomic mass is 10.0. The van der Waals surface area contributed by atoms with Gasteiger partial charge in [0, 0.05) is 6.04 Å². The summed E-state index contributed by atoms with van der Waals surface area (Å²) >= 11 is 0. The van der Waals surface area contributed by atoms with Crippen LogP contribution in [-0.4, -0.2) is 19.3 Å². The summed E-state index contributed by atoms with van der Waals surface area (Å²) in [6.07, 6.45) is 0.988. The Labute approximate surface area is 84.7 Å². The van der Waals surface area contributed by atoms with Gasteiger partial charge in [0.15, 0.2) is 11.5 Å². The van der Waals surface area contributed by atoms with Crippen LogP contribution in [0.2, 0.25) is 0 Å². The Bertz CT molecular complexity index is 295. The molecule has 14 heavy (non-hydrogen) atoms. The van der Waals surface area contributed by atoms with Crippen LogP contribution in [0.15, 0.2) is 18.2 Å². The van der Waals surface area contributed by atoms with Crippen LogP contribution >= 0.6 is 0 Å². The summed E-state index contributed by atoms with van der Waals surface area (Å²) in [6.45, 7) is 2.10. The molecule has 3 nitrogen and oxygen atoms in total. The first kappa shape index (κ1) is 10.9. The number of methoxy groups -OCH3 is 1. The maximum Gasteiger partial charge on any atom is 0.160 e. The lowest BCUT2D eigenvalue weighted by Gasteiger charge is -2.15. The van der Waals surface area contributed by atoms with Crippen molar-refractivity contribution in [3.8, 4) is 11.5 Å². The third kappa shape index (κ3) is 2.17. The minimum absolute atomic E-state index is 0.193. The Kier molecular flexibility index (Phi) is 3.77. The predicted molar refractivity (Wildman–Crippen MR) is 56.8 cm³/mol. The summed E-state index contributed by atoms with van der Waals surface area (Å²) in [7, 11) is 3.46. The summed E-state index contributed by atoms with van der Waals surface area (Å²) < 4.78 is 4.98. The number of rotatable bonds is 4. The molecule has 0 fully saturated rings. The van der Waals surface area contributed by atoms with Crippen LogP contribution in [0.1, 0.15) is 24.9 Å². The molecule has 0 aliphatic rings. The molecule has 0 bridgehead atoms. The largest absolute Gasteiger partial charge is 0.504 e. The predicted octanol–water partition coefficient (Wildman–Crippen LogP) is 2.07. The van der Waals surface area contributed by atoms with Crippen LogP contribution < -0.4 is 10.1 Å². The molecule has 0 spiro atoms. The van der Waals surface area contributed by atoms with E-state index in [4.69, 9.17) is 4.74 Å². The summed E-state index contributed by atoms with van der Waals surface area (Å²) in [4.78, 5) is 0. The van der Waals surface area contributed by atoms with E-state index in [-0.39, 0.29) is 11.8 Å². The van der Waals surface area contributed by atoms with Gasteiger partial charge in [0.05, 0.1) is 7.11 Å². The van der Waals surface area contributed by atoms with Crippen molar-refractivity contribution in [3.63, 3.8) is 0 Å². The molecule has 1 rings (SSSR count). The molecule has 1 atom stereocenters. The summed E-state index contributed by atoms with van der Waals surface area (Å²) in [5, 5.41) is 12.8. The van der Waals surface area contributed by atoms with Gasteiger partial charge in [0.1, 0.15) is 0 Å². The van der Waals surface area contributed by atoms with Crippen molar-refractivity contribution in [1.82, 2.24) is 5.32 Å². The second-order valence-corrected chi connectivity index (χ2v) is 3.18. The fourth-order valence-electron chi connectivity index (χ4n) is 1.53. The lowest BCUT2D eigenvalue weighted by molar-refractivity contribution is 0.372. The molecule has 1 aromatic rings. The molecule has 0 saturated heterocycles. The SMILES string of the molecule is CCC(NC)c1ccc(OC)c(O)c1. The van der Waals surface area contributed by atoms with Gasteiger partial charge in [-0.05, 0) is 31.2 Å². The molecule has 2 N–H and O–H groups in total. The summed E-state index contributed by atoms with van der Waals surface area (Å²) in [5.74, 6) is 0.707. The van der Waals surface area contributed by atoms with Crippen molar-refractivity contribution in [1.29, 1.82) is 0 Å². The number of hydrogen-bond donors (Lipinski definition) is 2. The van der Waals surface area contributed by atoms with Crippen molar-refractivity contribution in [2.24, 2.45) is 0 Å². The van der Waals surface area contributed by atoms with Crippen molar-refractivity contribution in [2.75, 3.05) is 14.2 Å². The van der Waals surface area contributed by atoms with E-state index >= 15 is 0 Å². The molecule has 0 radical (unpaired) electrons. The Morgan fingerprint density at radius 2 is 2.21 bits per heavy atom. The smallest absolute Gasteiger partial charge is 0.160 e. The highest BCUT2D eigenvalue weighted by molar-refractivity contribution is 5.42. The zero-order valence-electron chi connectivity index (χ0n) is 8.87. The molecule has 0 aliphatic carbocycles. The fraction of sp³-hybridized carbons (Fsp3) is 0.455. The topological polar surface area (TPSA) is 41.5 Å². The number of aromatic hydroxyl groups is 1. The first-order valence-corrected chi connectivity index (χ1v) is 4.77. The van der Waals surface area contributed by atoms with Gasteiger partial charge < -0.3 is 15.2 Å². The number of phenolic OH excluding ortho intramolecular Hbond substituents is 1. The van der Waals surface area contributed by atoms with Crippen LogP contribution in [0.3, 0.4) is 0 Å². The van der Waals surface area contributed by atoms with Gasteiger partial charge in [-0.3, -0.25) is 0 Å². The van der Waals surface area contributed by atoms with Crippen LogP contribution in [0, 0.1) is 0 Å². The van der Waals surface area contributed by atoms with Gasteiger partial charge in [-0.1, -0.05) is 13.0 Å². The Morgan fingerprint density at radius 1 is 1.50 bits per heavy atom. The Balaban J connectivity index is 2.95. The van der Waals surface area contributed by atoms with E-state index in [1.54, 1.807) is 19.2 Å². The van der Waals surface area contributed by atoms with E-state index in [1.807, 2.05) is 13.1 Å². The van der Waals surface area contributed by atoms with Crippen molar-refractivity contribution < 1.29 is 9.84 Å². The standard InChI is InChI=1S/C11H17NO2/c1-4-9(12-2)8-5-6-11(14-3)10(13)7-8/h5-7,9,12-13H,4H2,1-3H3. The average Bonchev–Trinajstić information content (AvgIpc) is 2.20. The first-order chi connectivity index (χ1) is 6.72. The number of phenols is 1. The second kappa shape index (κ2) is 4.86. The molecule has 0 aromatic heterocycles. The molecular formula is C11H17NO2. The van der Waals surface area contributed by atoms with Gasteiger partial charge in [-0.25, -0.2) is 0 Å². The molecule has 0 heterocycles. The van der Waals surface area contributed by atoms with Crippen LogP contribution in [0.25, 0.3) is 0 Å². The average molecular weight is 195 g/mol. The molecular weight excluding hydrogens is 178 g/mol. The summed E-state index contributed by atoms with van der Waals surface area (Å²) in [5.41, 5.74) is 1.08. The molecule has 1 aromatic carbocycles. The highest BCUT2D eigenvalue weighted by atomic mass is 16.5. The normalized spacial score (nSPS) is 12.5. The first-order valence-electron chi connectivity index (χ1n) is 4.77. The molecule has 1 unspecified atom stereocenters. The molecule has 78 valence electrons. The fourth-order valence-corrected chi connectivity index (χ4v) is 1.53. The second-order valence-electron chi connectivity index (χ2n) is 3.18. The quantitative estimate of drug-likeness (QED) is 0.772. The van der Waals surface area contributed by atoms with Crippen LogP contribution in [0.5, 0.6) is 11.5 Å². The maximum absolute atomic E-state index is 9.58. The highest BCUT2D eigenvalue weighted by Crippen LogP contribution is 2.29. The Morgan fingerprint density at radius 3 is 2.64 bits per heavy atom. The van der Waals surface area contributed by atoms with E-state index in [0.717, 1.165) is 12.0 Å². The van der Waals surface area contributed by atoms with Gasteiger partial charge in [0.2, 0.25) is 0 Å². The zero-order chi connectivity index (χ0) is 10.6. The number of benzene rings is 1. The third-order valence-electron chi connectivity index (χ3n) is 2.36. The van der Waals surface area contributed by atoms with E-state index in [9.17, 15) is 5.11 Å². The van der Waals surface area contributed by atoms with E-state index < -0.39 is 0 Å². The number of nitrogens with one attached hydrogen (secondary N) is 1. The number of hydrogen-bond acceptors (Lipinski definition) is 3. The molecule has 0 amide bonds. The minimum Gasteiger partial charge on any atom is -0.504 e. The van der Waals surface area contributed by atoms with Crippen molar-refractivity contribution >= 4 is 0 Å². The van der Waals surface area contributed by atoms with Gasteiger partial charge in [-0.15, -0.1) is 0 Å². The van der Waals surface area contributed by atoms with Gasteiger partial charge in [0.25, 0.3) is 0 Å². The third-order valence-corrected chi connectivity index (χ3v) is 2.36. The van der Waals surface area contributed by atoms with E-state index in [1.165, 1.54) is 0 Å². The maximum atomic E-state index is 9.58. The monoisotopic (exact) mass is 195 g/mol. The summed E-state index contributed by atoms with van der Waals surface area (Å²) in [6, 6.07) is 5.77.